The Morgan fingerprint density at radius 3 is 2.59 bits per heavy atom. The number of carbonyl (C=O) groups is 1. The number of ether oxygens (including phenoxy) is 1. The lowest BCUT2D eigenvalue weighted by Gasteiger charge is -2.22. The number of hydrogen-bond donors (Lipinski definition) is 1. The number of rotatable bonds is 7. The predicted octanol–water partition coefficient (Wildman–Crippen LogP) is 5.48. The summed E-state index contributed by atoms with van der Waals surface area (Å²) >= 11 is 0. The molecule has 7 nitrogen and oxygen atoms in total. The van der Waals surface area contributed by atoms with E-state index < -0.39 is 11.7 Å². The summed E-state index contributed by atoms with van der Waals surface area (Å²) in [7, 11) is 0. The van der Waals surface area contributed by atoms with Crippen LogP contribution >= 0.6 is 0 Å². The van der Waals surface area contributed by atoms with E-state index in [0.717, 1.165) is 25.7 Å². The summed E-state index contributed by atoms with van der Waals surface area (Å²) in [5.41, 5.74) is 1.13. The van der Waals surface area contributed by atoms with Crippen molar-refractivity contribution >= 4 is 28.7 Å². The smallest absolute Gasteiger partial charge is 0.282 e. The Morgan fingerprint density at radius 1 is 1.03 bits per heavy atom. The minimum absolute atomic E-state index is 0.0874. The van der Waals surface area contributed by atoms with Crippen molar-refractivity contribution in [3.05, 3.63) is 100 Å². The number of amides is 1. The van der Waals surface area contributed by atoms with Crippen molar-refractivity contribution in [3.63, 3.8) is 0 Å². The third kappa shape index (κ3) is 5.58. The molecular weight excluding hydrogens is 471 g/mol. The molecule has 1 fully saturated rings. The van der Waals surface area contributed by atoms with Crippen molar-refractivity contribution in [3.8, 4) is 5.75 Å². The average Bonchev–Trinajstić information content (AvgIpc) is 2.93. The average molecular weight is 499 g/mol. The van der Waals surface area contributed by atoms with E-state index >= 15 is 0 Å². The first-order valence-electron chi connectivity index (χ1n) is 12.4. The normalized spacial score (nSPS) is 14.2. The molecule has 0 radical (unpaired) electrons. The molecule has 4 aromatic rings. The Kier molecular flexibility index (Phi) is 7.35. The Labute approximate surface area is 213 Å². The largest absolute Gasteiger partial charge is 0.483 e. The van der Waals surface area contributed by atoms with Crippen LogP contribution in [0.25, 0.3) is 10.9 Å². The minimum Gasteiger partial charge on any atom is -0.483 e. The highest BCUT2D eigenvalue weighted by atomic mass is 19.1. The van der Waals surface area contributed by atoms with Gasteiger partial charge in [0.25, 0.3) is 11.5 Å². The van der Waals surface area contributed by atoms with Crippen LogP contribution in [-0.2, 0) is 4.79 Å². The lowest BCUT2D eigenvalue weighted by atomic mass is 9.88. The molecular formula is C29H27FN4O3. The third-order valence-electron chi connectivity index (χ3n) is 6.49. The van der Waals surface area contributed by atoms with E-state index in [-0.39, 0.29) is 23.8 Å². The van der Waals surface area contributed by atoms with Gasteiger partial charge < -0.3 is 10.1 Å². The predicted molar refractivity (Wildman–Crippen MR) is 142 cm³/mol. The standard InChI is InChI=1S/C29H27FN4O3/c30-23-14-6-8-16-25(23)32-27(35)19-37-26-17-9-4-12-21(26)18-31-34-28(20-10-2-1-3-11-20)33-24-15-7-5-13-22(24)29(34)36/h4-9,12-18,20H,1-3,10-11,19H2,(H,32,35). The van der Waals surface area contributed by atoms with Crippen molar-refractivity contribution in [2.24, 2.45) is 5.10 Å². The quantitative estimate of drug-likeness (QED) is 0.342. The Bertz CT molecular complexity index is 1510. The van der Waals surface area contributed by atoms with Crippen molar-refractivity contribution in [2.75, 3.05) is 11.9 Å². The fraction of sp³-hybridized carbons (Fsp3) is 0.241. The van der Waals surface area contributed by atoms with E-state index in [1.165, 1.54) is 23.2 Å². The molecule has 0 bridgehead atoms. The van der Waals surface area contributed by atoms with Crippen LogP contribution in [0.5, 0.6) is 5.75 Å². The second kappa shape index (κ2) is 11.2. The molecule has 1 aliphatic rings. The van der Waals surface area contributed by atoms with Gasteiger partial charge >= 0.3 is 0 Å². The zero-order chi connectivity index (χ0) is 25.6. The molecule has 1 aliphatic carbocycles. The molecule has 1 N–H and O–H groups in total. The summed E-state index contributed by atoms with van der Waals surface area (Å²) in [6.45, 7) is -0.315. The number of fused-ring (bicyclic) bond motifs is 1. The van der Waals surface area contributed by atoms with Gasteiger partial charge in [0.05, 0.1) is 22.8 Å². The Balaban J connectivity index is 1.41. The van der Waals surface area contributed by atoms with E-state index in [0.29, 0.717) is 28.0 Å². The zero-order valence-corrected chi connectivity index (χ0v) is 20.3. The van der Waals surface area contributed by atoms with Gasteiger partial charge in [0.2, 0.25) is 0 Å². The molecule has 3 aromatic carbocycles. The highest BCUT2D eigenvalue weighted by molar-refractivity contribution is 5.92. The number of nitrogens with zero attached hydrogens (tertiary/aromatic N) is 3. The number of halogens is 1. The van der Waals surface area contributed by atoms with Gasteiger partial charge in [-0.1, -0.05) is 55.7 Å². The molecule has 37 heavy (non-hydrogen) atoms. The maximum Gasteiger partial charge on any atom is 0.282 e. The van der Waals surface area contributed by atoms with Crippen molar-refractivity contribution < 1.29 is 13.9 Å². The van der Waals surface area contributed by atoms with E-state index in [1.807, 2.05) is 24.3 Å². The SMILES string of the molecule is O=C(COc1ccccc1C=Nn1c(C2CCCCC2)nc2ccccc2c1=O)Nc1ccccc1F. The first-order chi connectivity index (χ1) is 18.1. The fourth-order valence-corrected chi connectivity index (χ4v) is 4.61. The lowest BCUT2D eigenvalue weighted by molar-refractivity contribution is -0.118. The number of benzene rings is 3. The molecule has 0 unspecified atom stereocenters. The third-order valence-corrected chi connectivity index (χ3v) is 6.49. The summed E-state index contributed by atoms with van der Waals surface area (Å²) in [5.74, 6) is 0.230. The maximum atomic E-state index is 13.8. The second-order valence-corrected chi connectivity index (χ2v) is 9.04. The molecule has 5 rings (SSSR count). The molecule has 1 heterocycles. The van der Waals surface area contributed by atoms with Gasteiger partial charge in [-0.3, -0.25) is 9.59 Å². The molecule has 0 spiro atoms. The summed E-state index contributed by atoms with van der Waals surface area (Å²) in [4.78, 5) is 30.6. The number of carbonyl (C=O) groups excluding carboxylic acids is 1. The number of nitrogens with one attached hydrogen (secondary N) is 1. The van der Waals surface area contributed by atoms with E-state index in [4.69, 9.17) is 9.72 Å². The van der Waals surface area contributed by atoms with Crippen LogP contribution in [0.2, 0.25) is 0 Å². The fourth-order valence-electron chi connectivity index (χ4n) is 4.61. The number of hydrogen-bond acceptors (Lipinski definition) is 5. The van der Waals surface area contributed by atoms with E-state index in [9.17, 15) is 14.0 Å². The van der Waals surface area contributed by atoms with Gasteiger partial charge in [0.15, 0.2) is 6.61 Å². The van der Waals surface area contributed by atoms with Gasteiger partial charge in [-0.15, -0.1) is 0 Å². The molecule has 0 aliphatic heterocycles. The summed E-state index contributed by atoms with van der Waals surface area (Å²) < 4.78 is 21.0. The van der Waals surface area contributed by atoms with Crippen LogP contribution in [0.4, 0.5) is 10.1 Å². The number of aromatic nitrogens is 2. The van der Waals surface area contributed by atoms with Gasteiger partial charge in [0.1, 0.15) is 17.4 Å². The highest BCUT2D eigenvalue weighted by Crippen LogP contribution is 2.31. The monoisotopic (exact) mass is 498 g/mol. The second-order valence-electron chi connectivity index (χ2n) is 9.04. The molecule has 0 atom stereocenters. The topological polar surface area (TPSA) is 85.6 Å². The first-order valence-corrected chi connectivity index (χ1v) is 12.4. The van der Waals surface area contributed by atoms with Crippen molar-refractivity contribution in [1.29, 1.82) is 0 Å². The minimum atomic E-state index is -0.522. The maximum absolute atomic E-state index is 13.8. The molecule has 1 aromatic heterocycles. The summed E-state index contributed by atoms with van der Waals surface area (Å²) in [6.07, 6.45) is 6.88. The first kappa shape index (κ1) is 24.4. The van der Waals surface area contributed by atoms with Crippen LogP contribution in [0.15, 0.2) is 82.7 Å². The van der Waals surface area contributed by atoms with Crippen molar-refractivity contribution in [2.45, 2.75) is 38.0 Å². The zero-order valence-electron chi connectivity index (χ0n) is 20.3. The van der Waals surface area contributed by atoms with Crippen LogP contribution in [0.1, 0.15) is 49.4 Å². The molecule has 8 heteroatoms. The van der Waals surface area contributed by atoms with Gasteiger partial charge in [-0.2, -0.15) is 9.78 Å². The van der Waals surface area contributed by atoms with Gasteiger partial charge in [-0.25, -0.2) is 9.37 Å². The van der Waals surface area contributed by atoms with Gasteiger partial charge in [-0.05, 0) is 49.2 Å². The number of anilines is 1. The van der Waals surface area contributed by atoms with E-state index in [1.54, 1.807) is 42.6 Å². The van der Waals surface area contributed by atoms with Crippen LogP contribution < -0.4 is 15.6 Å². The molecule has 188 valence electrons. The molecule has 1 saturated carbocycles. The lowest BCUT2D eigenvalue weighted by Crippen LogP contribution is -2.25. The van der Waals surface area contributed by atoms with Crippen LogP contribution in [0, 0.1) is 5.82 Å². The van der Waals surface area contributed by atoms with Crippen LogP contribution in [-0.4, -0.2) is 28.4 Å². The van der Waals surface area contributed by atoms with Crippen LogP contribution in [0.3, 0.4) is 0 Å². The highest BCUT2D eigenvalue weighted by Gasteiger charge is 2.22. The summed E-state index contributed by atoms with van der Waals surface area (Å²) in [5, 5.41) is 7.56. The number of para-hydroxylation sites is 3. The molecule has 0 saturated heterocycles. The van der Waals surface area contributed by atoms with Gasteiger partial charge in [0, 0.05) is 11.5 Å². The summed E-state index contributed by atoms with van der Waals surface area (Å²) in [6, 6.07) is 20.3. The van der Waals surface area contributed by atoms with E-state index in [2.05, 4.69) is 10.4 Å². The Morgan fingerprint density at radius 2 is 1.76 bits per heavy atom. The Hall–Kier alpha value is -4.33. The molecule has 1 amide bonds. The van der Waals surface area contributed by atoms with Crippen molar-refractivity contribution in [1.82, 2.24) is 9.66 Å².